The van der Waals surface area contributed by atoms with Crippen molar-refractivity contribution in [1.82, 2.24) is 10.6 Å². The van der Waals surface area contributed by atoms with Crippen molar-refractivity contribution in [2.75, 3.05) is 0 Å². The van der Waals surface area contributed by atoms with Gasteiger partial charge in [-0.1, -0.05) is 19.8 Å². The number of hydrogen-bond acceptors (Lipinski definition) is 1. The van der Waals surface area contributed by atoms with E-state index in [1.807, 2.05) is 13.8 Å². The lowest BCUT2D eigenvalue weighted by molar-refractivity contribution is 0.225. The SMILES string of the molecule is CC1CCCC(NC(=O)NC(C)C)C1. The monoisotopic (exact) mass is 198 g/mol. The molecule has 1 fully saturated rings. The van der Waals surface area contributed by atoms with E-state index in [0.29, 0.717) is 6.04 Å². The van der Waals surface area contributed by atoms with E-state index in [2.05, 4.69) is 17.6 Å². The molecule has 2 atom stereocenters. The Hall–Kier alpha value is -0.730. The second-order valence-electron chi connectivity index (χ2n) is 4.74. The molecule has 1 aliphatic rings. The maximum Gasteiger partial charge on any atom is 0.315 e. The zero-order valence-electron chi connectivity index (χ0n) is 9.47. The Morgan fingerprint density at radius 3 is 2.64 bits per heavy atom. The van der Waals surface area contributed by atoms with Crippen LogP contribution in [0.1, 0.15) is 46.5 Å². The number of rotatable bonds is 2. The van der Waals surface area contributed by atoms with E-state index in [0.717, 1.165) is 18.8 Å². The van der Waals surface area contributed by atoms with Gasteiger partial charge in [0, 0.05) is 12.1 Å². The first kappa shape index (κ1) is 11.3. The Labute approximate surface area is 86.6 Å². The molecule has 0 heterocycles. The predicted octanol–water partition coefficient (Wildman–Crippen LogP) is 2.27. The Morgan fingerprint density at radius 1 is 1.36 bits per heavy atom. The van der Waals surface area contributed by atoms with Crippen molar-refractivity contribution in [2.45, 2.75) is 58.5 Å². The highest BCUT2D eigenvalue weighted by atomic mass is 16.2. The average Bonchev–Trinajstić information content (AvgIpc) is 2.01. The van der Waals surface area contributed by atoms with Gasteiger partial charge in [0.25, 0.3) is 0 Å². The average molecular weight is 198 g/mol. The molecule has 1 saturated carbocycles. The van der Waals surface area contributed by atoms with Gasteiger partial charge >= 0.3 is 6.03 Å². The first-order valence-electron chi connectivity index (χ1n) is 5.65. The van der Waals surface area contributed by atoms with E-state index in [1.54, 1.807) is 0 Å². The molecule has 0 aromatic rings. The lowest BCUT2D eigenvalue weighted by atomic mass is 9.87. The Morgan fingerprint density at radius 2 is 2.07 bits per heavy atom. The maximum atomic E-state index is 11.4. The molecule has 0 aromatic heterocycles. The normalized spacial score (nSPS) is 27.4. The van der Waals surface area contributed by atoms with Crippen LogP contribution < -0.4 is 10.6 Å². The summed E-state index contributed by atoms with van der Waals surface area (Å²) in [6.45, 7) is 6.21. The van der Waals surface area contributed by atoms with E-state index in [-0.39, 0.29) is 12.1 Å². The van der Waals surface area contributed by atoms with Crippen LogP contribution in [0.5, 0.6) is 0 Å². The number of carbonyl (C=O) groups excluding carboxylic acids is 1. The number of nitrogens with one attached hydrogen (secondary N) is 2. The standard InChI is InChI=1S/C11H22N2O/c1-8(2)12-11(14)13-10-6-4-5-9(3)7-10/h8-10H,4-7H2,1-3H3,(H2,12,13,14). The van der Waals surface area contributed by atoms with Crippen LogP contribution in [0.3, 0.4) is 0 Å². The molecule has 0 aromatic carbocycles. The first-order valence-corrected chi connectivity index (χ1v) is 5.65. The van der Waals surface area contributed by atoms with Crippen molar-refractivity contribution in [3.8, 4) is 0 Å². The molecule has 3 heteroatoms. The van der Waals surface area contributed by atoms with Crippen LogP contribution in [0.4, 0.5) is 4.79 Å². The van der Waals surface area contributed by atoms with Gasteiger partial charge in [0.05, 0.1) is 0 Å². The minimum absolute atomic E-state index is 0.0147. The summed E-state index contributed by atoms with van der Waals surface area (Å²) in [5.74, 6) is 0.757. The smallest absolute Gasteiger partial charge is 0.315 e. The second kappa shape index (κ2) is 5.23. The van der Waals surface area contributed by atoms with Gasteiger partial charge in [-0.15, -0.1) is 0 Å². The summed E-state index contributed by atoms with van der Waals surface area (Å²) in [4.78, 5) is 11.4. The fraction of sp³-hybridized carbons (Fsp3) is 0.909. The van der Waals surface area contributed by atoms with Crippen LogP contribution in [0.15, 0.2) is 0 Å². The van der Waals surface area contributed by atoms with Gasteiger partial charge in [-0.2, -0.15) is 0 Å². The third-order valence-electron chi connectivity index (χ3n) is 2.69. The molecular weight excluding hydrogens is 176 g/mol. The van der Waals surface area contributed by atoms with Crippen LogP contribution in [-0.2, 0) is 0 Å². The van der Waals surface area contributed by atoms with Crippen molar-refractivity contribution in [3.05, 3.63) is 0 Å². The highest BCUT2D eigenvalue weighted by Gasteiger charge is 2.20. The van der Waals surface area contributed by atoms with Crippen molar-refractivity contribution in [3.63, 3.8) is 0 Å². The largest absolute Gasteiger partial charge is 0.336 e. The maximum absolute atomic E-state index is 11.4. The quantitative estimate of drug-likeness (QED) is 0.702. The van der Waals surface area contributed by atoms with Gasteiger partial charge < -0.3 is 10.6 Å². The number of amides is 2. The molecule has 14 heavy (non-hydrogen) atoms. The highest BCUT2D eigenvalue weighted by Crippen LogP contribution is 2.23. The summed E-state index contributed by atoms with van der Waals surface area (Å²) in [6.07, 6.45) is 4.82. The van der Waals surface area contributed by atoms with Crippen LogP contribution in [0.25, 0.3) is 0 Å². The van der Waals surface area contributed by atoms with Gasteiger partial charge in [-0.3, -0.25) is 0 Å². The molecule has 1 aliphatic carbocycles. The van der Waals surface area contributed by atoms with Crippen LogP contribution >= 0.6 is 0 Å². The number of carbonyl (C=O) groups is 1. The fourth-order valence-electron chi connectivity index (χ4n) is 2.05. The molecule has 0 aliphatic heterocycles. The predicted molar refractivity (Wildman–Crippen MR) is 58.2 cm³/mol. The minimum Gasteiger partial charge on any atom is -0.336 e. The summed E-state index contributed by atoms with van der Waals surface area (Å²) < 4.78 is 0. The minimum atomic E-state index is -0.0147. The molecule has 1 rings (SSSR count). The topological polar surface area (TPSA) is 41.1 Å². The van der Waals surface area contributed by atoms with Crippen molar-refractivity contribution in [1.29, 1.82) is 0 Å². The molecule has 0 bridgehead atoms. The molecule has 2 amide bonds. The van der Waals surface area contributed by atoms with E-state index < -0.39 is 0 Å². The van der Waals surface area contributed by atoms with Gasteiger partial charge in [-0.05, 0) is 32.6 Å². The molecule has 82 valence electrons. The van der Waals surface area contributed by atoms with Gasteiger partial charge in [-0.25, -0.2) is 4.79 Å². The Kier molecular flexibility index (Phi) is 4.23. The molecule has 3 nitrogen and oxygen atoms in total. The van der Waals surface area contributed by atoms with E-state index >= 15 is 0 Å². The van der Waals surface area contributed by atoms with Gasteiger partial charge in [0.2, 0.25) is 0 Å². The number of urea groups is 1. The molecule has 2 unspecified atom stereocenters. The molecule has 0 spiro atoms. The second-order valence-corrected chi connectivity index (χ2v) is 4.74. The van der Waals surface area contributed by atoms with E-state index in [9.17, 15) is 4.79 Å². The van der Waals surface area contributed by atoms with E-state index in [4.69, 9.17) is 0 Å². The van der Waals surface area contributed by atoms with E-state index in [1.165, 1.54) is 12.8 Å². The van der Waals surface area contributed by atoms with Gasteiger partial charge in [0.1, 0.15) is 0 Å². The molecule has 0 radical (unpaired) electrons. The number of hydrogen-bond donors (Lipinski definition) is 2. The lowest BCUT2D eigenvalue weighted by Gasteiger charge is -2.27. The first-order chi connectivity index (χ1) is 6.58. The van der Waals surface area contributed by atoms with Crippen molar-refractivity contribution >= 4 is 6.03 Å². The Balaban J connectivity index is 2.25. The summed E-state index contributed by atoms with van der Waals surface area (Å²) >= 11 is 0. The lowest BCUT2D eigenvalue weighted by Crippen LogP contribution is -2.46. The highest BCUT2D eigenvalue weighted by molar-refractivity contribution is 5.74. The van der Waals surface area contributed by atoms with Crippen molar-refractivity contribution < 1.29 is 4.79 Å². The van der Waals surface area contributed by atoms with Crippen LogP contribution in [0.2, 0.25) is 0 Å². The third kappa shape index (κ3) is 3.99. The zero-order chi connectivity index (χ0) is 10.6. The van der Waals surface area contributed by atoms with Crippen molar-refractivity contribution in [2.24, 2.45) is 5.92 Å². The third-order valence-corrected chi connectivity index (χ3v) is 2.69. The molecule has 0 saturated heterocycles. The van der Waals surface area contributed by atoms with Gasteiger partial charge in [0.15, 0.2) is 0 Å². The zero-order valence-corrected chi connectivity index (χ0v) is 9.47. The summed E-state index contributed by atoms with van der Waals surface area (Å²) in [5.41, 5.74) is 0. The Bertz CT molecular complexity index is 192. The van der Waals surface area contributed by atoms with Crippen LogP contribution in [-0.4, -0.2) is 18.1 Å². The summed E-state index contributed by atoms with van der Waals surface area (Å²) in [5, 5.41) is 5.89. The molecular formula is C11H22N2O. The van der Waals surface area contributed by atoms with Crippen LogP contribution in [0, 0.1) is 5.92 Å². The molecule has 2 N–H and O–H groups in total. The summed E-state index contributed by atoms with van der Waals surface area (Å²) in [6, 6.07) is 0.590. The fourth-order valence-corrected chi connectivity index (χ4v) is 2.05. The summed E-state index contributed by atoms with van der Waals surface area (Å²) in [7, 11) is 0.